The Kier molecular flexibility index (Phi) is 7.14. The second-order valence-corrected chi connectivity index (χ2v) is 5.17. The zero-order chi connectivity index (χ0) is 11.9. The van der Waals surface area contributed by atoms with Crippen molar-refractivity contribution in [1.29, 1.82) is 0 Å². The third kappa shape index (κ3) is 8.85. The smallest absolute Gasteiger partial charge is 0.0707 e. The van der Waals surface area contributed by atoms with Crippen LogP contribution in [0.15, 0.2) is 0 Å². The minimum Gasteiger partial charge on any atom is -0.377 e. The lowest BCUT2D eigenvalue weighted by Gasteiger charge is -2.22. The molecule has 1 atom stereocenters. The molecule has 0 saturated carbocycles. The van der Waals surface area contributed by atoms with Crippen LogP contribution in [0.1, 0.15) is 34.6 Å². The van der Waals surface area contributed by atoms with Crippen molar-refractivity contribution in [1.82, 2.24) is 5.32 Å². The van der Waals surface area contributed by atoms with E-state index in [9.17, 15) is 0 Å². The van der Waals surface area contributed by atoms with Gasteiger partial charge in [0.15, 0.2) is 0 Å². The molecule has 0 bridgehead atoms. The predicted molar refractivity (Wildman–Crippen MR) is 64.2 cm³/mol. The SMILES string of the molecule is CNC(COCCOC(C)(C)C)C(C)C. The van der Waals surface area contributed by atoms with Gasteiger partial charge in [-0.2, -0.15) is 0 Å². The maximum Gasteiger partial charge on any atom is 0.0707 e. The highest BCUT2D eigenvalue weighted by Crippen LogP contribution is 2.06. The molecule has 0 aliphatic rings. The Bertz CT molecular complexity index is 152. The number of ether oxygens (including phenoxy) is 2. The van der Waals surface area contributed by atoms with Crippen LogP contribution in [0.25, 0.3) is 0 Å². The molecule has 0 aromatic carbocycles. The number of likely N-dealkylation sites (N-methyl/N-ethyl adjacent to an activating group) is 1. The molecule has 0 amide bonds. The van der Waals surface area contributed by atoms with Crippen LogP contribution in [0.5, 0.6) is 0 Å². The van der Waals surface area contributed by atoms with Gasteiger partial charge in [0.1, 0.15) is 0 Å². The van der Waals surface area contributed by atoms with Crippen molar-refractivity contribution in [2.24, 2.45) is 5.92 Å². The van der Waals surface area contributed by atoms with Crippen molar-refractivity contribution in [2.75, 3.05) is 26.9 Å². The molecule has 0 aromatic rings. The lowest BCUT2D eigenvalue weighted by atomic mass is 10.1. The molecule has 1 N–H and O–H groups in total. The summed E-state index contributed by atoms with van der Waals surface area (Å²) in [5, 5.41) is 3.24. The van der Waals surface area contributed by atoms with Gasteiger partial charge in [-0.15, -0.1) is 0 Å². The van der Waals surface area contributed by atoms with Gasteiger partial charge in [-0.1, -0.05) is 13.8 Å². The van der Waals surface area contributed by atoms with Crippen molar-refractivity contribution >= 4 is 0 Å². The van der Waals surface area contributed by atoms with Gasteiger partial charge in [0.05, 0.1) is 25.4 Å². The van der Waals surface area contributed by atoms with Gasteiger partial charge >= 0.3 is 0 Å². The van der Waals surface area contributed by atoms with Crippen LogP contribution in [0.3, 0.4) is 0 Å². The zero-order valence-electron chi connectivity index (χ0n) is 11.1. The van der Waals surface area contributed by atoms with E-state index < -0.39 is 0 Å². The molecule has 1 unspecified atom stereocenters. The van der Waals surface area contributed by atoms with Crippen molar-refractivity contribution < 1.29 is 9.47 Å². The zero-order valence-corrected chi connectivity index (χ0v) is 11.1. The Balaban J connectivity index is 3.45. The second-order valence-electron chi connectivity index (χ2n) is 5.17. The van der Waals surface area contributed by atoms with Crippen LogP contribution >= 0.6 is 0 Å². The number of hydrogen-bond donors (Lipinski definition) is 1. The Morgan fingerprint density at radius 2 is 1.73 bits per heavy atom. The molecule has 0 aliphatic heterocycles. The van der Waals surface area contributed by atoms with Crippen LogP contribution < -0.4 is 5.32 Å². The van der Waals surface area contributed by atoms with Crippen molar-refractivity contribution in [2.45, 2.75) is 46.3 Å². The van der Waals surface area contributed by atoms with Crippen LogP contribution in [-0.4, -0.2) is 38.5 Å². The van der Waals surface area contributed by atoms with Gasteiger partial charge in [-0.3, -0.25) is 0 Å². The summed E-state index contributed by atoms with van der Waals surface area (Å²) in [6.07, 6.45) is 0. The molecule has 0 spiro atoms. The average Bonchev–Trinajstić information content (AvgIpc) is 2.08. The number of hydrogen-bond acceptors (Lipinski definition) is 3. The van der Waals surface area contributed by atoms with E-state index in [4.69, 9.17) is 9.47 Å². The Morgan fingerprint density at radius 3 is 2.13 bits per heavy atom. The van der Waals surface area contributed by atoms with E-state index in [0.29, 0.717) is 25.2 Å². The molecule has 3 heteroatoms. The molecule has 0 rings (SSSR count). The summed E-state index contributed by atoms with van der Waals surface area (Å²) in [6.45, 7) is 12.6. The standard InChI is InChI=1S/C12H27NO2/c1-10(2)11(13-6)9-14-7-8-15-12(3,4)5/h10-11,13H,7-9H2,1-6H3. The molecule has 0 aromatic heterocycles. The highest BCUT2D eigenvalue weighted by Gasteiger charge is 2.12. The summed E-state index contributed by atoms with van der Waals surface area (Å²) in [5.41, 5.74) is -0.0657. The van der Waals surface area contributed by atoms with E-state index in [-0.39, 0.29) is 5.60 Å². The topological polar surface area (TPSA) is 30.5 Å². The van der Waals surface area contributed by atoms with E-state index in [1.807, 2.05) is 7.05 Å². The first-order valence-corrected chi connectivity index (χ1v) is 5.76. The van der Waals surface area contributed by atoms with Crippen LogP contribution in [0.2, 0.25) is 0 Å². The minimum atomic E-state index is -0.0657. The Labute approximate surface area is 94.5 Å². The molecular formula is C12H27NO2. The van der Waals surface area contributed by atoms with Crippen molar-refractivity contribution in [3.63, 3.8) is 0 Å². The molecule has 0 radical (unpaired) electrons. The fraction of sp³-hybridized carbons (Fsp3) is 1.00. The molecular weight excluding hydrogens is 190 g/mol. The third-order valence-electron chi connectivity index (χ3n) is 2.24. The van der Waals surface area contributed by atoms with Crippen molar-refractivity contribution in [3.8, 4) is 0 Å². The number of rotatable bonds is 7. The lowest BCUT2D eigenvalue weighted by molar-refractivity contribution is -0.0384. The van der Waals surface area contributed by atoms with Gasteiger partial charge in [0.25, 0.3) is 0 Å². The van der Waals surface area contributed by atoms with Crippen LogP contribution in [-0.2, 0) is 9.47 Å². The largest absolute Gasteiger partial charge is 0.377 e. The first kappa shape index (κ1) is 14.9. The highest BCUT2D eigenvalue weighted by molar-refractivity contribution is 4.67. The molecule has 0 heterocycles. The van der Waals surface area contributed by atoms with Crippen LogP contribution in [0.4, 0.5) is 0 Å². The molecule has 3 nitrogen and oxygen atoms in total. The Morgan fingerprint density at radius 1 is 1.13 bits per heavy atom. The summed E-state index contributed by atoms with van der Waals surface area (Å²) in [5.74, 6) is 0.596. The van der Waals surface area contributed by atoms with Gasteiger partial charge < -0.3 is 14.8 Å². The predicted octanol–water partition coefficient (Wildman–Crippen LogP) is 2.06. The van der Waals surface area contributed by atoms with E-state index >= 15 is 0 Å². The summed E-state index contributed by atoms with van der Waals surface area (Å²) in [4.78, 5) is 0. The van der Waals surface area contributed by atoms with Gasteiger partial charge in [-0.05, 0) is 33.7 Å². The molecule has 92 valence electrons. The maximum atomic E-state index is 5.56. The van der Waals surface area contributed by atoms with E-state index in [0.717, 1.165) is 6.61 Å². The molecule has 0 aliphatic carbocycles. The average molecular weight is 217 g/mol. The highest BCUT2D eigenvalue weighted by atomic mass is 16.5. The molecule has 15 heavy (non-hydrogen) atoms. The second kappa shape index (κ2) is 7.20. The van der Waals surface area contributed by atoms with E-state index in [1.165, 1.54) is 0 Å². The molecule has 0 fully saturated rings. The lowest BCUT2D eigenvalue weighted by Crippen LogP contribution is -2.35. The fourth-order valence-electron chi connectivity index (χ4n) is 1.23. The van der Waals surface area contributed by atoms with Crippen molar-refractivity contribution in [3.05, 3.63) is 0 Å². The Hall–Kier alpha value is -0.120. The minimum absolute atomic E-state index is 0.0657. The van der Waals surface area contributed by atoms with E-state index in [1.54, 1.807) is 0 Å². The number of nitrogens with one attached hydrogen (secondary N) is 1. The third-order valence-corrected chi connectivity index (χ3v) is 2.24. The van der Waals surface area contributed by atoms with E-state index in [2.05, 4.69) is 39.9 Å². The van der Waals surface area contributed by atoms with Gasteiger partial charge in [0.2, 0.25) is 0 Å². The summed E-state index contributed by atoms with van der Waals surface area (Å²) in [7, 11) is 1.97. The monoisotopic (exact) mass is 217 g/mol. The summed E-state index contributed by atoms with van der Waals surface area (Å²) in [6, 6.07) is 0.430. The summed E-state index contributed by atoms with van der Waals surface area (Å²) >= 11 is 0. The fourth-order valence-corrected chi connectivity index (χ4v) is 1.23. The molecule has 0 saturated heterocycles. The first-order chi connectivity index (χ1) is 6.87. The summed E-state index contributed by atoms with van der Waals surface area (Å²) < 4.78 is 11.1. The van der Waals surface area contributed by atoms with Crippen LogP contribution in [0, 0.1) is 5.92 Å². The quantitative estimate of drug-likeness (QED) is 0.662. The maximum absolute atomic E-state index is 5.56. The van der Waals surface area contributed by atoms with Gasteiger partial charge in [-0.25, -0.2) is 0 Å². The van der Waals surface area contributed by atoms with Gasteiger partial charge in [0, 0.05) is 6.04 Å². The first-order valence-electron chi connectivity index (χ1n) is 5.76. The normalized spacial score (nSPS) is 14.6.